The molecule has 1 heterocycles. The Hall–Kier alpha value is -2.13. The van der Waals surface area contributed by atoms with Crippen molar-refractivity contribution < 1.29 is 0 Å². The Kier molecular flexibility index (Phi) is 4.91. The van der Waals surface area contributed by atoms with Gasteiger partial charge in [0.05, 0.1) is 6.07 Å². The number of rotatable bonds is 5. The summed E-state index contributed by atoms with van der Waals surface area (Å²) in [5, 5.41) is 11.5. The van der Waals surface area contributed by atoms with Gasteiger partial charge in [-0.3, -0.25) is 0 Å². The highest BCUT2D eigenvalue weighted by molar-refractivity contribution is 9.10. The number of hydrogen-bond donors (Lipinski definition) is 1. The monoisotopic (exact) mass is 331 g/mol. The van der Waals surface area contributed by atoms with Crippen LogP contribution in [-0.4, -0.2) is 23.6 Å². The lowest BCUT2D eigenvalue weighted by Gasteiger charge is -2.18. The van der Waals surface area contributed by atoms with E-state index in [9.17, 15) is 0 Å². The second-order valence-corrected chi connectivity index (χ2v) is 5.17. The van der Waals surface area contributed by atoms with Gasteiger partial charge in [0, 0.05) is 24.1 Å². The van der Waals surface area contributed by atoms with E-state index in [0.29, 0.717) is 5.82 Å². The molecule has 0 radical (unpaired) electrons. The average Bonchev–Trinajstić information content (AvgIpc) is 2.45. The Bertz CT molecular complexity index is 623. The van der Waals surface area contributed by atoms with Crippen molar-refractivity contribution >= 4 is 27.6 Å². The van der Waals surface area contributed by atoms with Gasteiger partial charge in [0.15, 0.2) is 0 Å². The van der Waals surface area contributed by atoms with Crippen LogP contribution < -0.4 is 10.2 Å². The minimum atomic E-state index is 0.228. The van der Waals surface area contributed by atoms with Crippen LogP contribution in [0.4, 0.5) is 11.6 Å². The fraction of sp³-hybridized carbons (Fsp3) is 0.214. The van der Waals surface area contributed by atoms with E-state index in [1.807, 2.05) is 36.2 Å². The van der Waals surface area contributed by atoms with Crippen LogP contribution in [-0.2, 0) is 6.54 Å². The Morgan fingerprint density at radius 3 is 2.95 bits per heavy atom. The van der Waals surface area contributed by atoms with Crippen LogP contribution in [0.1, 0.15) is 5.56 Å². The molecule has 0 aliphatic rings. The fourth-order valence-corrected chi connectivity index (χ4v) is 2.22. The lowest BCUT2D eigenvalue weighted by atomic mass is 10.2. The van der Waals surface area contributed by atoms with Crippen LogP contribution in [0.25, 0.3) is 0 Å². The molecule has 0 saturated heterocycles. The molecule has 6 heteroatoms. The first-order chi connectivity index (χ1) is 9.69. The second-order valence-electron chi connectivity index (χ2n) is 4.26. The third kappa shape index (κ3) is 3.93. The van der Waals surface area contributed by atoms with E-state index in [2.05, 4.69) is 43.3 Å². The van der Waals surface area contributed by atoms with E-state index in [-0.39, 0.29) is 6.54 Å². The summed E-state index contributed by atoms with van der Waals surface area (Å²) in [5.41, 5.74) is 1.19. The lowest BCUT2D eigenvalue weighted by Crippen LogP contribution is -2.18. The summed E-state index contributed by atoms with van der Waals surface area (Å²) in [6, 6.07) is 12.0. The normalized spacial score (nSPS) is 9.85. The fourth-order valence-electron chi connectivity index (χ4n) is 1.77. The molecule has 0 atom stereocenters. The smallest absolute Gasteiger partial charge is 0.134 e. The van der Waals surface area contributed by atoms with Gasteiger partial charge in [-0.2, -0.15) is 5.26 Å². The molecular weight excluding hydrogens is 318 g/mol. The predicted molar refractivity (Wildman–Crippen MR) is 82.4 cm³/mol. The van der Waals surface area contributed by atoms with E-state index in [1.165, 1.54) is 11.9 Å². The van der Waals surface area contributed by atoms with Gasteiger partial charge in [0.25, 0.3) is 0 Å². The molecule has 2 rings (SSSR count). The summed E-state index contributed by atoms with van der Waals surface area (Å²) in [5.74, 6) is 1.46. The predicted octanol–water partition coefficient (Wildman–Crippen LogP) is 2.81. The van der Waals surface area contributed by atoms with Crippen molar-refractivity contribution in [3.63, 3.8) is 0 Å². The van der Waals surface area contributed by atoms with Gasteiger partial charge in [0.2, 0.25) is 0 Å². The SMILES string of the molecule is CN(Cc1cccc(Br)c1)c1cc(NCC#N)ncn1. The van der Waals surface area contributed by atoms with Crippen LogP contribution in [0.3, 0.4) is 0 Å². The van der Waals surface area contributed by atoms with Crippen molar-refractivity contribution in [2.75, 3.05) is 23.8 Å². The van der Waals surface area contributed by atoms with Crippen LogP contribution in [0.2, 0.25) is 0 Å². The summed E-state index contributed by atoms with van der Waals surface area (Å²) in [7, 11) is 1.97. The molecule has 1 N–H and O–H groups in total. The van der Waals surface area contributed by atoms with Crippen molar-refractivity contribution in [1.82, 2.24) is 9.97 Å². The summed E-state index contributed by atoms with van der Waals surface area (Å²) >= 11 is 3.46. The summed E-state index contributed by atoms with van der Waals surface area (Å²) < 4.78 is 1.06. The Balaban J connectivity index is 2.09. The van der Waals surface area contributed by atoms with Crippen molar-refractivity contribution in [3.05, 3.63) is 46.7 Å². The molecule has 0 aliphatic carbocycles. The third-order valence-corrected chi connectivity index (χ3v) is 3.19. The number of halogens is 1. The van der Waals surface area contributed by atoms with Gasteiger partial charge in [-0.15, -0.1) is 0 Å². The molecule has 1 aromatic carbocycles. The van der Waals surface area contributed by atoms with E-state index >= 15 is 0 Å². The number of nitrogens with one attached hydrogen (secondary N) is 1. The van der Waals surface area contributed by atoms with Gasteiger partial charge in [-0.25, -0.2) is 9.97 Å². The van der Waals surface area contributed by atoms with Crippen LogP contribution in [0.5, 0.6) is 0 Å². The summed E-state index contributed by atoms with van der Waals surface area (Å²) in [4.78, 5) is 10.3. The van der Waals surface area contributed by atoms with Gasteiger partial charge < -0.3 is 10.2 Å². The zero-order chi connectivity index (χ0) is 14.4. The zero-order valence-corrected chi connectivity index (χ0v) is 12.6. The van der Waals surface area contributed by atoms with E-state index in [0.717, 1.165) is 16.8 Å². The van der Waals surface area contributed by atoms with Gasteiger partial charge in [-0.05, 0) is 17.7 Å². The van der Waals surface area contributed by atoms with Crippen molar-refractivity contribution in [1.29, 1.82) is 5.26 Å². The first-order valence-corrected chi connectivity index (χ1v) is 6.87. The van der Waals surface area contributed by atoms with Crippen molar-refractivity contribution in [2.45, 2.75) is 6.54 Å². The largest absolute Gasteiger partial charge is 0.357 e. The Labute approximate surface area is 126 Å². The molecule has 102 valence electrons. The summed E-state index contributed by atoms with van der Waals surface area (Å²) in [6.07, 6.45) is 1.49. The maximum absolute atomic E-state index is 8.56. The standard InChI is InChI=1S/C14H14BrN5/c1-20(9-11-3-2-4-12(15)7-11)14-8-13(17-6-5-16)18-10-19-14/h2-4,7-8,10H,6,9H2,1H3,(H,17,18,19). The molecule has 5 nitrogen and oxygen atoms in total. The number of nitriles is 1. The average molecular weight is 332 g/mol. The minimum absolute atomic E-state index is 0.228. The molecule has 0 amide bonds. The number of hydrogen-bond acceptors (Lipinski definition) is 5. The number of anilines is 2. The highest BCUT2D eigenvalue weighted by atomic mass is 79.9. The number of nitrogens with zero attached hydrogens (tertiary/aromatic N) is 4. The molecule has 0 fully saturated rings. The molecule has 2 aromatic rings. The van der Waals surface area contributed by atoms with Crippen LogP contribution in [0.15, 0.2) is 41.1 Å². The Morgan fingerprint density at radius 1 is 1.35 bits per heavy atom. The molecule has 20 heavy (non-hydrogen) atoms. The lowest BCUT2D eigenvalue weighted by molar-refractivity contribution is 0.890. The molecule has 0 unspecified atom stereocenters. The van der Waals surface area contributed by atoms with E-state index < -0.39 is 0 Å². The first-order valence-electron chi connectivity index (χ1n) is 6.07. The van der Waals surface area contributed by atoms with Crippen LogP contribution >= 0.6 is 15.9 Å². The van der Waals surface area contributed by atoms with Gasteiger partial charge in [-0.1, -0.05) is 28.1 Å². The highest BCUT2D eigenvalue weighted by Crippen LogP contribution is 2.17. The minimum Gasteiger partial charge on any atom is -0.357 e. The molecule has 0 aliphatic heterocycles. The second kappa shape index (κ2) is 6.87. The van der Waals surface area contributed by atoms with Crippen molar-refractivity contribution in [2.24, 2.45) is 0 Å². The van der Waals surface area contributed by atoms with Gasteiger partial charge >= 0.3 is 0 Å². The molecule has 0 saturated carbocycles. The van der Waals surface area contributed by atoms with Crippen LogP contribution in [0, 0.1) is 11.3 Å². The van der Waals surface area contributed by atoms with Gasteiger partial charge in [0.1, 0.15) is 24.5 Å². The zero-order valence-electron chi connectivity index (χ0n) is 11.0. The molecule has 0 bridgehead atoms. The van der Waals surface area contributed by atoms with Crippen molar-refractivity contribution in [3.8, 4) is 6.07 Å². The maximum atomic E-state index is 8.56. The summed E-state index contributed by atoms with van der Waals surface area (Å²) in [6.45, 7) is 0.972. The third-order valence-electron chi connectivity index (χ3n) is 2.70. The van der Waals surface area contributed by atoms with E-state index in [1.54, 1.807) is 0 Å². The maximum Gasteiger partial charge on any atom is 0.134 e. The number of benzene rings is 1. The molecule has 0 spiro atoms. The topological polar surface area (TPSA) is 64.8 Å². The highest BCUT2D eigenvalue weighted by Gasteiger charge is 2.05. The molecule has 1 aromatic heterocycles. The Morgan fingerprint density at radius 2 is 2.20 bits per heavy atom. The molecular formula is C14H14BrN5. The van der Waals surface area contributed by atoms with E-state index in [4.69, 9.17) is 5.26 Å². The first kappa shape index (κ1) is 14.3. The quantitative estimate of drug-likeness (QED) is 0.853. The number of aromatic nitrogens is 2.